The molecule has 1 heterocycles. The number of hydrogen-bond acceptors (Lipinski definition) is 4. The monoisotopic (exact) mass is 289 g/mol. The van der Waals surface area contributed by atoms with Crippen LogP contribution in [-0.2, 0) is 13.6 Å². The molecule has 0 aliphatic rings. The molecule has 0 fully saturated rings. The molecule has 1 unspecified atom stereocenters. The first-order valence-electron chi connectivity index (χ1n) is 6.99. The first-order valence-corrected chi connectivity index (χ1v) is 6.99. The Hall–Kier alpha value is -2.01. The van der Waals surface area contributed by atoms with E-state index in [9.17, 15) is 0 Å². The van der Waals surface area contributed by atoms with E-state index in [0.29, 0.717) is 0 Å². The molecule has 1 aromatic heterocycles. The van der Waals surface area contributed by atoms with Gasteiger partial charge in [-0.1, -0.05) is 6.07 Å². The summed E-state index contributed by atoms with van der Waals surface area (Å²) in [6, 6.07) is 6.20. The fraction of sp³-hybridized carbons (Fsp3) is 0.438. The predicted octanol–water partition coefficient (Wildman–Crippen LogP) is 2.60. The molecular weight excluding hydrogens is 266 g/mol. The number of benzene rings is 1. The van der Waals surface area contributed by atoms with Gasteiger partial charge >= 0.3 is 0 Å². The average molecular weight is 289 g/mol. The van der Waals surface area contributed by atoms with Crippen LogP contribution in [0.5, 0.6) is 11.5 Å². The lowest BCUT2D eigenvalue weighted by atomic mass is 10.1. The molecular formula is C16H23N3O2. The van der Waals surface area contributed by atoms with Crippen LogP contribution < -0.4 is 14.8 Å². The van der Waals surface area contributed by atoms with E-state index in [2.05, 4.69) is 30.3 Å². The molecule has 2 aromatic rings. The fourth-order valence-electron chi connectivity index (χ4n) is 2.22. The van der Waals surface area contributed by atoms with E-state index in [4.69, 9.17) is 9.47 Å². The molecule has 114 valence electrons. The van der Waals surface area contributed by atoms with Crippen molar-refractivity contribution in [2.24, 2.45) is 7.05 Å². The van der Waals surface area contributed by atoms with Gasteiger partial charge in [-0.3, -0.25) is 4.68 Å². The topological polar surface area (TPSA) is 48.3 Å². The molecule has 1 atom stereocenters. The molecule has 0 aliphatic heterocycles. The number of ether oxygens (including phenoxy) is 2. The summed E-state index contributed by atoms with van der Waals surface area (Å²) in [5.41, 5.74) is 3.56. The second kappa shape index (κ2) is 6.63. The first-order chi connectivity index (χ1) is 10.1. The second-order valence-corrected chi connectivity index (χ2v) is 5.10. The van der Waals surface area contributed by atoms with Gasteiger partial charge in [0.05, 0.1) is 20.4 Å². The minimum Gasteiger partial charge on any atom is -0.493 e. The van der Waals surface area contributed by atoms with Gasteiger partial charge in [0.1, 0.15) is 0 Å². The third-order valence-corrected chi connectivity index (χ3v) is 3.84. The summed E-state index contributed by atoms with van der Waals surface area (Å²) in [6.07, 6.45) is 1.91. The number of aryl methyl sites for hydroxylation is 1. The van der Waals surface area contributed by atoms with Gasteiger partial charge < -0.3 is 14.8 Å². The SMILES string of the molecule is COc1ccc(C(C)NCc2cnn(C)c2C)cc1OC. The molecule has 0 spiro atoms. The number of rotatable bonds is 6. The highest BCUT2D eigenvalue weighted by Crippen LogP contribution is 2.29. The van der Waals surface area contributed by atoms with Crippen LogP contribution in [0.4, 0.5) is 0 Å². The van der Waals surface area contributed by atoms with E-state index < -0.39 is 0 Å². The Morgan fingerprint density at radius 2 is 1.95 bits per heavy atom. The smallest absolute Gasteiger partial charge is 0.161 e. The van der Waals surface area contributed by atoms with Gasteiger partial charge in [0, 0.05) is 30.9 Å². The molecule has 0 bridgehead atoms. The van der Waals surface area contributed by atoms with Crippen LogP contribution in [0.25, 0.3) is 0 Å². The van der Waals surface area contributed by atoms with Crippen molar-refractivity contribution in [3.05, 3.63) is 41.2 Å². The van der Waals surface area contributed by atoms with Crippen molar-refractivity contribution >= 4 is 0 Å². The maximum Gasteiger partial charge on any atom is 0.161 e. The van der Waals surface area contributed by atoms with Gasteiger partial charge in [-0.15, -0.1) is 0 Å². The standard InChI is InChI=1S/C16H23N3O2/c1-11(17-9-14-10-18-19(3)12(14)2)13-6-7-15(20-4)16(8-13)21-5/h6-8,10-11,17H,9H2,1-5H3. The van der Waals surface area contributed by atoms with E-state index in [-0.39, 0.29) is 6.04 Å². The largest absolute Gasteiger partial charge is 0.493 e. The van der Waals surface area contributed by atoms with Crippen molar-refractivity contribution in [3.63, 3.8) is 0 Å². The zero-order valence-electron chi connectivity index (χ0n) is 13.3. The summed E-state index contributed by atoms with van der Waals surface area (Å²) in [5, 5.41) is 7.77. The lowest BCUT2D eigenvalue weighted by molar-refractivity contribution is 0.354. The third-order valence-electron chi connectivity index (χ3n) is 3.84. The van der Waals surface area contributed by atoms with Crippen LogP contribution in [0.1, 0.15) is 29.8 Å². The Morgan fingerprint density at radius 3 is 2.52 bits per heavy atom. The highest BCUT2D eigenvalue weighted by molar-refractivity contribution is 5.43. The Bertz CT molecular complexity index is 608. The maximum atomic E-state index is 5.35. The number of nitrogens with one attached hydrogen (secondary N) is 1. The normalized spacial score (nSPS) is 12.2. The van der Waals surface area contributed by atoms with Crippen LogP contribution in [0.15, 0.2) is 24.4 Å². The quantitative estimate of drug-likeness (QED) is 0.888. The van der Waals surface area contributed by atoms with Crippen molar-refractivity contribution < 1.29 is 9.47 Å². The summed E-state index contributed by atoms with van der Waals surface area (Å²) in [7, 11) is 5.25. The van der Waals surface area contributed by atoms with Gasteiger partial charge in [0.25, 0.3) is 0 Å². The van der Waals surface area contributed by atoms with Crippen molar-refractivity contribution in [1.29, 1.82) is 0 Å². The average Bonchev–Trinajstić information content (AvgIpc) is 2.83. The fourth-order valence-corrected chi connectivity index (χ4v) is 2.22. The van der Waals surface area contributed by atoms with Crippen LogP contribution in [0, 0.1) is 6.92 Å². The number of nitrogens with zero attached hydrogens (tertiary/aromatic N) is 2. The highest BCUT2D eigenvalue weighted by Gasteiger charge is 2.11. The zero-order valence-corrected chi connectivity index (χ0v) is 13.3. The molecule has 1 aromatic carbocycles. The van der Waals surface area contributed by atoms with E-state index in [1.807, 2.05) is 30.1 Å². The number of hydrogen-bond donors (Lipinski definition) is 1. The van der Waals surface area contributed by atoms with E-state index >= 15 is 0 Å². The van der Waals surface area contributed by atoms with Gasteiger partial charge in [0.2, 0.25) is 0 Å². The predicted molar refractivity (Wildman–Crippen MR) is 82.7 cm³/mol. The van der Waals surface area contributed by atoms with Crippen LogP contribution >= 0.6 is 0 Å². The molecule has 21 heavy (non-hydrogen) atoms. The van der Waals surface area contributed by atoms with Gasteiger partial charge in [-0.2, -0.15) is 5.10 Å². The molecule has 2 rings (SSSR count). The molecule has 0 saturated heterocycles. The van der Waals surface area contributed by atoms with Crippen LogP contribution in [0.2, 0.25) is 0 Å². The Labute approximate surface area is 125 Å². The van der Waals surface area contributed by atoms with E-state index in [0.717, 1.165) is 23.6 Å². The summed E-state index contributed by atoms with van der Waals surface area (Å²) >= 11 is 0. The molecule has 0 saturated carbocycles. The highest BCUT2D eigenvalue weighted by atomic mass is 16.5. The third kappa shape index (κ3) is 3.36. The van der Waals surface area contributed by atoms with Crippen LogP contribution in [-0.4, -0.2) is 24.0 Å². The van der Waals surface area contributed by atoms with Crippen molar-refractivity contribution in [2.45, 2.75) is 26.4 Å². The molecule has 5 heteroatoms. The van der Waals surface area contributed by atoms with Gasteiger partial charge in [0.15, 0.2) is 11.5 Å². The first kappa shape index (κ1) is 15.4. The lowest BCUT2D eigenvalue weighted by Crippen LogP contribution is -2.18. The van der Waals surface area contributed by atoms with Gasteiger partial charge in [-0.05, 0) is 31.5 Å². The lowest BCUT2D eigenvalue weighted by Gasteiger charge is -2.16. The molecule has 0 aliphatic carbocycles. The Morgan fingerprint density at radius 1 is 1.24 bits per heavy atom. The minimum atomic E-state index is 0.212. The molecule has 0 amide bonds. The van der Waals surface area contributed by atoms with E-state index in [1.165, 1.54) is 11.3 Å². The van der Waals surface area contributed by atoms with E-state index in [1.54, 1.807) is 14.2 Å². The maximum absolute atomic E-state index is 5.35. The van der Waals surface area contributed by atoms with Crippen molar-refractivity contribution in [1.82, 2.24) is 15.1 Å². The number of aromatic nitrogens is 2. The molecule has 1 N–H and O–H groups in total. The summed E-state index contributed by atoms with van der Waals surface area (Å²) in [4.78, 5) is 0. The van der Waals surface area contributed by atoms with Crippen molar-refractivity contribution in [2.75, 3.05) is 14.2 Å². The number of methoxy groups -OCH3 is 2. The second-order valence-electron chi connectivity index (χ2n) is 5.10. The summed E-state index contributed by atoms with van der Waals surface area (Å²) in [6.45, 7) is 4.99. The van der Waals surface area contributed by atoms with Gasteiger partial charge in [-0.25, -0.2) is 0 Å². The molecule has 5 nitrogen and oxygen atoms in total. The zero-order chi connectivity index (χ0) is 15.4. The summed E-state index contributed by atoms with van der Waals surface area (Å²) < 4.78 is 12.5. The van der Waals surface area contributed by atoms with Crippen LogP contribution in [0.3, 0.4) is 0 Å². The Balaban J connectivity index is 2.06. The Kier molecular flexibility index (Phi) is 4.85. The summed E-state index contributed by atoms with van der Waals surface area (Å²) in [5.74, 6) is 1.50. The van der Waals surface area contributed by atoms with Crippen molar-refractivity contribution in [3.8, 4) is 11.5 Å². The minimum absolute atomic E-state index is 0.212. The molecule has 0 radical (unpaired) electrons.